The summed E-state index contributed by atoms with van der Waals surface area (Å²) in [5.74, 6) is 1.70. The van der Waals surface area contributed by atoms with Crippen molar-refractivity contribution < 1.29 is 14.3 Å². The summed E-state index contributed by atoms with van der Waals surface area (Å²) in [6.07, 6.45) is 28.5. The average Bonchev–Trinajstić information content (AvgIpc) is 3.02. The SMILES string of the molecule is CCCCCCCCCCCC(=O)N[C@H](CC[SH](C)CCCc1ccccc1)C(=O)OC(Cl)CCCCCCCCCCC. The maximum atomic E-state index is 13.2. The van der Waals surface area contributed by atoms with Crippen LogP contribution in [0.15, 0.2) is 30.3 Å². The molecule has 2 unspecified atom stereocenters. The molecule has 1 aromatic rings. The van der Waals surface area contributed by atoms with Gasteiger partial charge < -0.3 is 10.1 Å². The summed E-state index contributed by atoms with van der Waals surface area (Å²) in [5, 5.41) is 3.03. The highest BCUT2D eigenvalue weighted by Crippen LogP contribution is 2.24. The Morgan fingerprint density at radius 3 is 1.80 bits per heavy atom. The molecule has 4 nitrogen and oxygen atoms in total. The summed E-state index contributed by atoms with van der Waals surface area (Å²) in [7, 11) is -0.216. The molecular weight excluding hydrogens is 586 g/mol. The van der Waals surface area contributed by atoms with E-state index in [2.05, 4.69) is 55.8 Å². The van der Waals surface area contributed by atoms with Crippen LogP contribution in [-0.4, -0.2) is 41.2 Å². The molecule has 0 aliphatic rings. The fourth-order valence-corrected chi connectivity index (χ4v) is 7.52. The van der Waals surface area contributed by atoms with Gasteiger partial charge in [0.05, 0.1) is 0 Å². The number of nitrogens with one attached hydrogen (secondary N) is 1. The van der Waals surface area contributed by atoms with Gasteiger partial charge in [-0.1, -0.05) is 159 Å². The molecule has 6 heteroatoms. The van der Waals surface area contributed by atoms with Crippen LogP contribution < -0.4 is 5.32 Å². The highest BCUT2D eigenvalue weighted by Gasteiger charge is 2.24. The lowest BCUT2D eigenvalue weighted by molar-refractivity contribution is -0.150. The normalized spacial score (nSPS) is 13.8. The zero-order valence-corrected chi connectivity index (χ0v) is 30.4. The van der Waals surface area contributed by atoms with Crippen LogP contribution in [0.2, 0.25) is 0 Å². The number of hydrogen-bond acceptors (Lipinski definition) is 3. The quantitative estimate of drug-likeness (QED) is 0.0376. The number of hydrogen-bond donors (Lipinski definition) is 2. The van der Waals surface area contributed by atoms with Gasteiger partial charge in [0.1, 0.15) is 6.04 Å². The van der Waals surface area contributed by atoms with Gasteiger partial charge in [0.15, 0.2) is 5.56 Å². The fraction of sp³-hybridized carbons (Fsp3) is 0.789. The monoisotopic (exact) mass is 653 g/mol. The molecule has 0 heterocycles. The van der Waals surface area contributed by atoms with Crippen LogP contribution >= 0.6 is 22.5 Å². The maximum absolute atomic E-state index is 13.2. The van der Waals surface area contributed by atoms with Crippen LogP contribution in [0.3, 0.4) is 0 Å². The molecule has 0 aliphatic heterocycles. The van der Waals surface area contributed by atoms with E-state index in [1.807, 2.05) is 0 Å². The standard InChI is InChI=1S/C38H68ClNO3S/c1-4-6-8-10-12-14-16-18-23-29-36(39)43-38(42)35(31-33-44(3)32-25-28-34-26-21-20-22-27-34)40-37(41)30-24-19-17-15-13-11-9-7-5-2/h20-22,26-27,35-36,44H,4-19,23-25,28-33H2,1-3H3,(H,40,41)/t35-,36?/m1/s1. The number of benzene rings is 1. The Labute approximate surface area is 279 Å². The van der Waals surface area contributed by atoms with Crippen LogP contribution in [-0.2, 0) is 20.7 Å². The summed E-state index contributed by atoms with van der Waals surface area (Å²) in [4.78, 5) is 26.0. The first-order valence-corrected chi connectivity index (χ1v) is 20.9. The molecular formula is C38H68ClNO3S. The second-order valence-corrected chi connectivity index (χ2v) is 15.9. The van der Waals surface area contributed by atoms with Crippen molar-refractivity contribution in [1.29, 1.82) is 0 Å². The van der Waals surface area contributed by atoms with E-state index in [0.717, 1.165) is 50.0 Å². The average molecular weight is 654 g/mol. The summed E-state index contributed by atoms with van der Waals surface area (Å²) < 4.78 is 5.67. The van der Waals surface area contributed by atoms with E-state index >= 15 is 0 Å². The third-order valence-electron chi connectivity index (χ3n) is 8.55. The molecule has 256 valence electrons. The van der Waals surface area contributed by atoms with E-state index in [-0.39, 0.29) is 22.8 Å². The Morgan fingerprint density at radius 1 is 0.705 bits per heavy atom. The van der Waals surface area contributed by atoms with E-state index in [9.17, 15) is 9.59 Å². The largest absolute Gasteiger partial charge is 0.444 e. The van der Waals surface area contributed by atoms with Crippen molar-refractivity contribution in [3.63, 3.8) is 0 Å². The second-order valence-electron chi connectivity index (χ2n) is 12.8. The zero-order chi connectivity index (χ0) is 32.1. The lowest BCUT2D eigenvalue weighted by Crippen LogP contribution is -2.43. The minimum atomic E-state index is -0.627. The number of halogens is 1. The van der Waals surface area contributed by atoms with E-state index in [1.165, 1.54) is 95.5 Å². The second kappa shape index (κ2) is 29.2. The van der Waals surface area contributed by atoms with Crippen molar-refractivity contribution in [2.45, 2.75) is 173 Å². The number of amides is 1. The molecule has 0 aromatic heterocycles. The van der Waals surface area contributed by atoms with Gasteiger partial charge in [-0.2, -0.15) is 0 Å². The van der Waals surface area contributed by atoms with E-state index in [4.69, 9.17) is 16.3 Å². The van der Waals surface area contributed by atoms with E-state index in [0.29, 0.717) is 19.3 Å². The number of aryl methyl sites for hydroxylation is 1. The number of carbonyl (C=O) groups excluding carboxylic acids is 2. The first kappa shape index (κ1) is 40.8. The molecule has 0 aliphatic carbocycles. The van der Waals surface area contributed by atoms with Gasteiger partial charge >= 0.3 is 5.97 Å². The Balaban J connectivity index is 2.42. The smallest absolute Gasteiger partial charge is 0.330 e. The zero-order valence-electron chi connectivity index (χ0n) is 28.8. The van der Waals surface area contributed by atoms with Crippen LogP contribution in [0.1, 0.15) is 161 Å². The Morgan fingerprint density at radius 2 is 1.23 bits per heavy atom. The first-order valence-electron chi connectivity index (χ1n) is 18.3. The number of ether oxygens (including phenoxy) is 1. The predicted molar refractivity (Wildman–Crippen MR) is 195 cm³/mol. The predicted octanol–water partition coefficient (Wildman–Crippen LogP) is 11.1. The number of rotatable bonds is 30. The van der Waals surface area contributed by atoms with Crippen molar-refractivity contribution in [3.05, 3.63) is 35.9 Å². The van der Waals surface area contributed by atoms with Crippen molar-refractivity contribution in [2.75, 3.05) is 17.8 Å². The van der Waals surface area contributed by atoms with E-state index < -0.39 is 11.6 Å². The van der Waals surface area contributed by atoms with Crippen LogP contribution in [0.5, 0.6) is 0 Å². The first-order chi connectivity index (χ1) is 21.5. The van der Waals surface area contributed by atoms with Gasteiger partial charge in [-0.05, 0) is 61.8 Å². The lowest BCUT2D eigenvalue weighted by atomic mass is 10.1. The topological polar surface area (TPSA) is 55.4 Å². The van der Waals surface area contributed by atoms with Gasteiger partial charge in [0.2, 0.25) is 5.91 Å². The van der Waals surface area contributed by atoms with Crippen LogP contribution in [0.4, 0.5) is 0 Å². The number of thiol groups is 1. The molecule has 44 heavy (non-hydrogen) atoms. The Hall–Kier alpha value is -1.20. The van der Waals surface area contributed by atoms with Crippen molar-refractivity contribution >= 4 is 34.4 Å². The summed E-state index contributed by atoms with van der Waals surface area (Å²) in [6.45, 7) is 4.50. The van der Waals surface area contributed by atoms with Gasteiger partial charge in [-0.3, -0.25) is 15.7 Å². The van der Waals surface area contributed by atoms with Gasteiger partial charge in [-0.25, -0.2) is 4.79 Å². The van der Waals surface area contributed by atoms with Crippen molar-refractivity contribution in [2.24, 2.45) is 0 Å². The Bertz CT molecular complexity index is 809. The molecule has 3 atom stereocenters. The lowest BCUT2D eigenvalue weighted by Gasteiger charge is -2.23. The highest BCUT2D eigenvalue weighted by molar-refractivity contribution is 8.16. The molecule has 1 aromatic carbocycles. The van der Waals surface area contributed by atoms with Gasteiger partial charge in [-0.15, -0.1) is 0 Å². The minimum Gasteiger partial charge on any atom is -0.444 e. The molecule has 0 saturated carbocycles. The molecule has 0 spiro atoms. The number of unbranched alkanes of at least 4 members (excludes halogenated alkanes) is 16. The summed E-state index contributed by atoms with van der Waals surface area (Å²) in [5.41, 5.74) is 0.749. The van der Waals surface area contributed by atoms with Crippen molar-refractivity contribution in [3.8, 4) is 0 Å². The van der Waals surface area contributed by atoms with Crippen molar-refractivity contribution in [1.82, 2.24) is 5.32 Å². The summed E-state index contributed by atoms with van der Waals surface area (Å²) >= 11 is 6.46. The minimum absolute atomic E-state index is 0.0375. The van der Waals surface area contributed by atoms with Crippen LogP contribution in [0, 0.1) is 0 Å². The fourth-order valence-electron chi connectivity index (χ4n) is 5.65. The maximum Gasteiger partial charge on any atom is 0.330 e. The number of esters is 1. The van der Waals surface area contributed by atoms with Gasteiger partial charge in [0.25, 0.3) is 0 Å². The van der Waals surface area contributed by atoms with Gasteiger partial charge in [0, 0.05) is 6.42 Å². The third-order valence-corrected chi connectivity index (χ3v) is 11.0. The molecule has 0 bridgehead atoms. The molecule has 1 N–H and O–H groups in total. The highest BCUT2D eigenvalue weighted by atomic mass is 35.5. The third kappa shape index (κ3) is 24.1. The van der Waals surface area contributed by atoms with E-state index in [1.54, 1.807) is 0 Å². The number of alkyl halides is 1. The van der Waals surface area contributed by atoms with Crippen LogP contribution in [0.25, 0.3) is 0 Å². The molecule has 1 amide bonds. The molecule has 0 radical (unpaired) electrons. The Kier molecular flexibility index (Phi) is 27.1. The molecule has 1 rings (SSSR count). The molecule has 0 fully saturated rings. The number of carbonyl (C=O) groups is 2. The summed E-state index contributed by atoms with van der Waals surface area (Å²) in [6, 6.07) is 10.0. The molecule has 0 saturated heterocycles.